The molecule has 0 aliphatic heterocycles. The van der Waals surface area contributed by atoms with Crippen LogP contribution in [0.15, 0.2) is 72.9 Å². The van der Waals surface area contributed by atoms with E-state index in [-0.39, 0.29) is 25.6 Å². The molecule has 0 radical (unpaired) electrons. The van der Waals surface area contributed by atoms with Crippen molar-refractivity contribution in [1.82, 2.24) is 0 Å². The molecule has 0 unspecified atom stereocenters. The van der Waals surface area contributed by atoms with Gasteiger partial charge in [0.25, 0.3) is 0 Å². The van der Waals surface area contributed by atoms with Crippen molar-refractivity contribution >= 4 is 11.9 Å². The largest absolute Gasteiger partial charge is 0.463 e. The van der Waals surface area contributed by atoms with Crippen LogP contribution in [0.4, 0.5) is 0 Å². The number of esters is 2. The highest BCUT2D eigenvalue weighted by Crippen LogP contribution is 2.13. The molecule has 0 aliphatic rings. The maximum Gasteiger partial charge on any atom is 0.305 e. The molecule has 0 aromatic carbocycles. The molecule has 268 valence electrons. The zero-order chi connectivity index (χ0) is 34.8. The van der Waals surface area contributed by atoms with Crippen molar-refractivity contribution < 1.29 is 34.4 Å². The van der Waals surface area contributed by atoms with Crippen molar-refractivity contribution in [2.75, 3.05) is 13.2 Å². The van der Waals surface area contributed by atoms with Crippen LogP contribution >= 0.6 is 0 Å². The van der Waals surface area contributed by atoms with Crippen molar-refractivity contribution in [1.29, 1.82) is 0 Å². The van der Waals surface area contributed by atoms with Crippen molar-refractivity contribution in [3.05, 3.63) is 72.9 Å². The van der Waals surface area contributed by atoms with Crippen LogP contribution < -0.4 is 0 Å². The topological polar surface area (TPSA) is 113 Å². The maximum atomic E-state index is 11.9. The molecule has 0 aromatic rings. The van der Waals surface area contributed by atoms with E-state index in [0.29, 0.717) is 25.7 Å². The predicted molar refractivity (Wildman–Crippen MR) is 194 cm³/mol. The molecule has 3 atom stereocenters. The van der Waals surface area contributed by atoms with Crippen LogP contribution in [0.25, 0.3) is 0 Å². The summed E-state index contributed by atoms with van der Waals surface area (Å²) in [6.45, 7) is 6.23. The third kappa shape index (κ3) is 34.4. The van der Waals surface area contributed by atoms with Gasteiger partial charge in [-0.2, -0.15) is 0 Å². The van der Waals surface area contributed by atoms with Gasteiger partial charge in [-0.05, 0) is 44.4 Å². The molecule has 7 nitrogen and oxygen atoms in total. The molecule has 0 aliphatic carbocycles. The predicted octanol–water partition coefficient (Wildman–Crippen LogP) is 8.80. The fourth-order valence-electron chi connectivity index (χ4n) is 4.54. The Labute approximate surface area is 286 Å². The number of carbonyl (C=O) groups excluding carboxylic acids is 2. The molecule has 0 rings (SSSR count). The molecule has 0 amide bonds. The summed E-state index contributed by atoms with van der Waals surface area (Å²) in [7, 11) is 0. The molecular formula is C40H66O7. The molecule has 7 heteroatoms. The van der Waals surface area contributed by atoms with Crippen LogP contribution in [-0.4, -0.2) is 58.8 Å². The van der Waals surface area contributed by atoms with Gasteiger partial charge in [0.05, 0.1) is 12.2 Å². The number of hydrogen-bond donors (Lipinski definition) is 3. The molecule has 0 aromatic heterocycles. The Balaban J connectivity index is 3.78. The first-order valence-corrected chi connectivity index (χ1v) is 18.1. The molecule has 0 saturated carbocycles. The second-order valence-corrected chi connectivity index (χ2v) is 12.5. The Kier molecular flexibility index (Phi) is 31.2. The quantitative estimate of drug-likeness (QED) is 0.0306. The second kappa shape index (κ2) is 33.2. The summed E-state index contributed by atoms with van der Waals surface area (Å²) in [5.41, 5.74) is 0. The third-order valence-electron chi connectivity index (χ3n) is 7.31. The molecule has 0 heterocycles. The minimum absolute atomic E-state index is 0.178. The van der Waals surface area contributed by atoms with Crippen LogP contribution in [-0.2, 0) is 19.1 Å². The minimum Gasteiger partial charge on any atom is -0.463 e. The molecule has 0 fully saturated rings. The number of aliphatic hydroxyl groups is 3. The van der Waals surface area contributed by atoms with Gasteiger partial charge in [0, 0.05) is 12.8 Å². The smallest absolute Gasteiger partial charge is 0.305 e. The zero-order valence-corrected chi connectivity index (χ0v) is 29.6. The summed E-state index contributed by atoms with van der Waals surface area (Å²) in [5, 5.41) is 29.8. The van der Waals surface area contributed by atoms with Crippen LogP contribution in [0.5, 0.6) is 0 Å². The number of unbranched alkanes of at least 4 members (excludes halogenated alkanes) is 9. The summed E-state index contributed by atoms with van der Waals surface area (Å²) in [6.07, 6.45) is 36.1. The lowest BCUT2D eigenvalue weighted by atomic mass is 10.0. The average Bonchev–Trinajstić information content (AvgIpc) is 3.04. The van der Waals surface area contributed by atoms with E-state index in [9.17, 15) is 24.9 Å². The van der Waals surface area contributed by atoms with Gasteiger partial charge in [-0.15, -0.1) is 0 Å². The van der Waals surface area contributed by atoms with Gasteiger partial charge in [0.1, 0.15) is 19.3 Å². The minimum atomic E-state index is -1.04. The van der Waals surface area contributed by atoms with Gasteiger partial charge >= 0.3 is 11.9 Å². The van der Waals surface area contributed by atoms with Gasteiger partial charge in [-0.25, -0.2) is 0 Å². The van der Waals surface area contributed by atoms with E-state index in [2.05, 4.69) is 20.8 Å². The van der Waals surface area contributed by atoms with Crippen molar-refractivity contribution in [2.24, 2.45) is 5.92 Å². The first kappa shape index (κ1) is 44.3. The number of allylic oxidation sites excluding steroid dienone is 8. The van der Waals surface area contributed by atoms with E-state index in [0.717, 1.165) is 38.0 Å². The number of ether oxygens (including phenoxy) is 2. The van der Waals surface area contributed by atoms with Gasteiger partial charge in [0.15, 0.2) is 0 Å². The lowest BCUT2D eigenvalue weighted by Gasteiger charge is -2.12. The van der Waals surface area contributed by atoms with Crippen LogP contribution in [0, 0.1) is 5.92 Å². The van der Waals surface area contributed by atoms with E-state index in [1.807, 2.05) is 48.6 Å². The molecule has 47 heavy (non-hydrogen) atoms. The Hall–Kier alpha value is -2.74. The SMILES string of the molecule is CC/C=C\C[C@@H](O)/C=C/C=C\C/C=C\C=C\[C@@H](O)/C=C\CCCC(=O)OC[C@H](O)COC(=O)CCCCCCCCCCCC(C)C. The fraction of sp³-hybridized carbons (Fsp3) is 0.650. The second-order valence-electron chi connectivity index (χ2n) is 12.5. The zero-order valence-electron chi connectivity index (χ0n) is 29.6. The van der Waals surface area contributed by atoms with Gasteiger partial charge in [-0.1, -0.05) is 151 Å². The van der Waals surface area contributed by atoms with E-state index in [1.54, 1.807) is 24.3 Å². The standard InChI is InChI=1S/C40H66O7/c1-4-5-19-27-36(41)28-21-15-11-9-12-16-22-29-37(42)30-23-18-25-32-40(45)47-34-38(43)33-46-39(44)31-24-17-13-8-6-7-10-14-20-26-35(2)3/h5,11-12,15-16,19,21-23,28-30,35-38,41-43H,4,6-10,13-14,17-18,20,24-27,31-34H2,1-3H3/b15-11-,16-12-,19-5-,28-21+,29-22+,30-23-/t36-,37-,38-/m1/s1. The number of aliphatic hydroxyl groups excluding tert-OH is 3. The lowest BCUT2D eigenvalue weighted by Crippen LogP contribution is -2.25. The summed E-state index contributed by atoms with van der Waals surface area (Å²) in [6, 6.07) is 0. The fourth-order valence-corrected chi connectivity index (χ4v) is 4.54. The summed E-state index contributed by atoms with van der Waals surface area (Å²) in [5.74, 6) is 0.0523. The highest BCUT2D eigenvalue weighted by atomic mass is 16.6. The van der Waals surface area contributed by atoms with Crippen molar-refractivity contribution in [3.8, 4) is 0 Å². The molecule has 0 saturated heterocycles. The van der Waals surface area contributed by atoms with Crippen LogP contribution in [0.1, 0.15) is 130 Å². The molecule has 3 N–H and O–H groups in total. The Bertz CT molecular complexity index is 929. The van der Waals surface area contributed by atoms with Crippen LogP contribution in [0.2, 0.25) is 0 Å². The summed E-state index contributed by atoms with van der Waals surface area (Å²) >= 11 is 0. The van der Waals surface area contributed by atoms with E-state index in [1.165, 1.54) is 44.9 Å². The number of rotatable bonds is 30. The first-order chi connectivity index (χ1) is 22.7. The van der Waals surface area contributed by atoms with E-state index >= 15 is 0 Å². The average molecular weight is 659 g/mol. The Morgan fingerprint density at radius 2 is 1.17 bits per heavy atom. The van der Waals surface area contributed by atoms with Crippen molar-refractivity contribution in [2.45, 2.75) is 148 Å². The monoisotopic (exact) mass is 658 g/mol. The van der Waals surface area contributed by atoms with Gasteiger partial charge < -0.3 is 24.8 Å². The number of carbonyl (C=O) groups is 2. The summed E-state index contributed by atoms with van der Waals surface area (Å²) < 4.78 is 10.2. The van der Waals surface area contributed by atoms with Crippen LogP contribution in [0.3, 0.4) is 0 Å². The molecular weight excluding hydrogens is 592 g/mol. The lowest BCUT2D eigenvalue weighted by molar-refractivity contribution is -0.152. The van der Waals surface area contributed by atoms with Crippen molar-refractivity contribution in [3.63, 3.8) is 0 Å². The first-order valence-electron chi connectivity index (χ1n) is 18.1. The Morgan fingerprint density at radius 1 is 0.617 bits per heavy atom. The van der Waals surface area contributed by atoms with Gasteiger partial charge in [-0.3, -0.25) is 9.59 Å². The number of hydrogen-bond acceptors (Lipinski definition) is 7. The third-order valence-corrected chi connectivity index (χ3v) is 7.31. The molecule has 0 spiro atoms. The molecule has 0 bridgehead atoms. The van der Waals surface area contributed by atoms with E-state index < -0.39 is 24.3 Å². The highest BCUT2D eigenvalue weighted by molar-refractivity contribution is 5.69. The van der Waals surface area contributed by atoms with E-state index in [4.69, 9.17) is 9.47 Å². The normalized spacial score (nSPS) is 14.5. The Morgan fingerprint density at radius 3 is 1.77 bits per heavy atom. The maximum absolute atomic E-state index is 11.9. The highest BCUT2D eigenvalue weighted by Gasteiger charge is 2.12. The van der Waals surface area contributed by atoms with Gasteiger partial charge in [0.2, 0.25) is 0 Å². The summed E-state index contributed by atoms with van der Waals surface area (Å²) in [4.78, 5) is 23.8.